The molecule has 1 aliphatic rings. The van der Waals surface area contributed by atoms with E-state index < -0.39 is 0 Å². The molecule has 1 aromatic heterocycles. The third kappa shape index (κ3) is 2.81. The average Bonchev–Trinajstić information content (AvgIpc) is 2.37. The molecule has 1 saturated heterocycles. The summed E-state index contributed by atoms with van der Waals surface area (Å²) in [4.78, 5) is 21.7. The number of carbonyl (C=O) groups excluding carboxylic acids is 1. The normalized spacial score (nSPS) is 19.7. The van der Waals surface area contributed by atoms with E-state index in [1.165, 1.54) is 0 Å². The second-order valence-electron chi connectivity index (χ2n) is 4.31. The van der Waals surface area contributed by atoms with Gasteiger partial charge < -0.3 is 16.0 Å². The molecule has 0 aliphatic carbocycles. The smallest absolute Gasteiger partial charge is 0.224 e. The van der Waals surface area contributed by atoms with E-state index in [0.717, 1.165) is 19.4 Å². The van der Waals surface area contributed by atoms with Gasteiger partial charge in [0.15, 0.2) is 0 Å². The molecule has 0 unspecified atom stereocenters. The lowest BCUT2D eigenvalue weighted by Crippen LogP contribution is -2.42. The number of nitrogens with two attached hydrogens (primary N) is 1. The van der Waals surface area contributed by atoms with Crippen molar-refractivity contribution in [2.24, 2.45) is 5.92 Å². The Bertz CT molecular complexity index is 433. The predicted octanol–water partition coefficient (Wildman–Crippen LogP) is 0.675. The number of aromatic nitrogens is 2. The predicted molar refractivity (Wildman–Crippen MR) is 70.5 cm³/mol. The fraction of sp³-hybridized carbons (Fsp3) is 0.545. The summed E-state index contributed by atoms with van der Waals surface area (Å²) in [5, 5.41) is 3.00. The van der Waals surface area contributed by atoms with Gasteiger partial charge in [-0.05, 0) is 12.8 Å². The number of piperidine rings is 1. The van der Waals surface area contributed by atoms with Crippen LogP contribution in [-0.2, 0) is 4.79 Å². The first kappa shape index (κ1) is 12.9. The van der Waals surface area contributed by atoms with Crippen LogP contribution >= 0.6 is 11.6 Å². The highest BCUT2D eigenvalue weighted by Gasteiger charge is 2.26. The van der Waals surface area contributed by atoms with Gasteiger partial charge in [0.1, 0.15) is 11.0 Å². The van der Waals surface area contributed by atoms with E-state index in [2.05, 4.69) is 15.3 Å². The molecular formula is C11H16ClN5O. The molecule has 98 valence electrons. The third-order valence-electron chi connectivity index (χ3n) is 3.06. The number of nitrogens with one attached hydrogen (secondary N) is 1. The van der Waals surface area contributed by atoms with Gasteiger partial charge >= 0.3 is 0 Å². The monoisotopic (exact) mass is 269 g/mol. The van der Waals surface area contributed by atoms with Gasteiger partial charge in [-0.3, -0.25) is 4.79 Å². The van der Waals surface area contributed by atoms with Gasteiger partial charge in [0.05, 0.1) is 5.92 Å². The average molecular weight is 270 g/mol. The highest BCUT2D eigenvalue weighted by Crippen LogP contribution is 2.23. The number of hydrogen-bond acceptors (Lipinski definition) is 5. The Kier molecular flexibility index (Phi) is 3.86. The molecule has 2 rings (SSSR count). The lowest BCUT2D eigenvalue weighted by atomic mass is 9.97. The number of nitrogens with zero attached hydrogens (tertiary/aromatic N) is 3. The summed E-state index contributed by atoms with van der Waals surface area (Å²) in [6, 6.07) is 1.67. The molecule has 1 aliphatic heterocycles. The van der Waals surface area contributed by atoms with Crippen molar-refractivity contribution in [3.05, 3.63) is 11.2 Å². The van der Waals surface area contributed by atoms with Gasteiger partial charge in [-0.2, -0.15) is 4.98 Å². The molecule has 1 aromatic rings. The Morgan fingerprint density at radius 3 is 3.06 bits per heavy atom. The molecule has 6 nitrogen and oxygen atoms in total. The Labute approximate surface area is 111 Å². The van der Waals surface area contributed by atoms with Crippen LogP contribution in [0.3, 0.4) is 0 Å². The van der Waals surface area contributed by atoms with Crippen LogP contribution in [-0.4, -0.2) is 36.0 Å². The molecule has 2 heterocycles. The summed E-state index contributed by atoms with van der Waals surface area (Å²) in [6.07, 6.45) is 1.84. The van der Waals surface area contributed by atoms with Crippen LogP contribution in [0.2, 0.25) is 5.15 Å². The number of hydrogen-bond donors (Lipinski definition) is 2. The lowest BCUT2D eigenvalue weighted by Gasteiger charge is -2.32. The molecule has 3 N–H and O–H groups in total. The topological polar surface area (TPSA) is 84.1 Å². The zero-order valence-electron chi connectivity index (χ0n) is 10.2. The largest absolute Gasteiger partial charge is 0.368 e. The van der Waals surface area contributed by atoms with Crippen molar-refractivity contribution in [2.45, 2.75) is 12.8 Å². The Morgan fingerprint density at radius 1 is 1.61 bits per heavy atom. The lowest BCUT2D eigenvalue weighted by molar-refractivity contribution is -0.124. The van der Waals surface area contributed by atoms with Crippen LogP contribution in [0.5, 0.6) is 0 Å². The molecule has 1 atom stereocenters. The Hall–Kier alpha value is -1.56. The van der Waals surface area contributed by atoms with Gasteiger partial charge in [-0.1, -0.05) is 11.6 Å². The molecule has 0 spiro atoms. The first-order valence-corrected chi connectivity index (χ1v) is 6.24. The maximum absolute atomic E-state index is 11.7. The van der Waals surface area contributed by atoms with Crippen LogP contribution in [0.25, 0.3) is 0 Å². The third-order valence-corrected chi connectivity index (χ3v) is 3.25. The van der Waals surface area contributed by atoms with Gasteiger partial charge in [0, 0.05) is 26.2 Å². The van der Waals surface area contributed by atoms with E-state index in [-0.39, 0.29) is 17.8 Å². The molecule has 18 heavy (non-hydrogen) atoms. The highest BCUT2D eigenvalue weighted by molar-refractivity contribution is 6.29. The maximum atomic E-state index is 11.7. The molecule has 0 bridgehead atoms. The van der Waals surface area contributed by atoms with Gasteiger partial charge in [-0.25, -0.2) is 4.98 Å². The minimum absolute atomic E-state index is 0.0151. The van der Waals surface area contributed by atoms with Crippen LogP contribution in [0.1, 0.15) is 12.8 Å². The van der Waals surface area contributed by atoms with Crippen molar-refractivity contribution in [3.8, 4) is 0 Å². The zero-order valence-corrected chi connectivity index (χ0v) is 10.9. The summed E-state index contributed by atoms with van der Waals surface area (Å²) in [5.41, 5.74) is 5.57. The molecule has 1 amide bonds. The zero-order chi connectivity index (χ0) is 13.1. The molecular weight excluding hydrogens is 254 g/mol. The summed E-state index contributed by atoms with van der Waals surface area (Å²) < 4.78 is 0. The molecule has 7 heteroatoms. The SMILES string of the molecule is CNC(=O)[C@@H]1CCCN(c2cc(Cl)nc(N)n2)C1. The second-order valence-corrected chi connectivity index (χ2v) is 4.69. The van der Waals surface area contributed by atoms with Gasteiger partial charge in [0.25, 0.3) is 0 Å². The quantitative estimate of drug-likeness (QED) is 0.771. The van der Waals surface area contributed by atoms with E-state index in [4.69, 9.17) is 17.3 Å². The van der Waals surface area contributed by atoms with Crippen molar-refractivity contribution in [3.63, 3.8) is 0 Å². The number of anilines is 2. The summed E-state index contributed by atoms with van der Waals surface area (Å²) in [6.45, 7) is 1.48. The molecule has 1 fully saturated rings. The number of nitrogen functional groups attached to an aromatic ring is 1. The molecule has 0 saturated carbocycles. The van der Waals surface area contributed by atoms with Crippen molar-refractivity contribution < 1.29 is 4.79 Å². The summed E-state index contributed by atoms with van der Waals surface area (Å²) >= 11 is 5.86. The van der Waals surface area contributed by atoms with Crippen LogP contribution in [0.4, 0.5) is 11.8 Å². The molecule has 0 radical (unpaired) electrons. The van der Waals surface area contributed by atoms with E-state index >= 15 is 0 Å². The van der Waals surface area contributed by atoms with E-state index in [0.29, 0.717) is 17.5 Å². The van der Waals surface area contributed by atoms with E-state index in [1.54, 1.807) is 13.1 Å². The molecule has 0 aromatic carbocycles. The van der Waals surface area contributed by atoms with Crippen LogP contribution < -0.4 is 16.0 Å². The van der Waals surface area contributed by atoms with Gasteiger partial charge in [0.2, 0.25) is 11.9 Å². The first-order valence-electron chi connectivity index (χ1n) is 5.86. The summed E-state index contributed by atoms with van der Waals surface area (Å²) in [5.74, 6) is 0.882. The Balaban J connectivity index is 2.15. The second kappa shape index (κ2) is 5.39. The number of halogens is 1. The standard InChI is InChI=1S/C11H16ClN5O/c1-14-10(18)7-3-2-4-17(6-7)9-5-8(12)15-11(13)16-9/h5,7H,2-4,6H2,1H3,(H,14,18)(H2,13,15,16)/t7-/m1/s1. The Morgan fingerprint density at radius 2 is 2.39 bits per heavy atom. The van der Waals surface area contributed by atoms with Crippen molar-refractivity contribution in [1.29, 1.82) is 0 Å². The van der Waals surface area contributed by atoms with E-state index in [1.807, 2.05) is 4.90 Å². The minimum Gasteiger partial charge on any atom is -0.368 e. The number of carbonyl (C=O) groups is 1. The van der Waals surface area contributed by atoms with E-state index in [9.17, 15) is 4.79 Å². The first-order chi connectivity index (χ1) is 8.60. The van der Waals surface area contributed by atoms with Crippen LogP contribution in [0.15, 0.2) is 6.07 Å². The minimum atomic E-state index is -0.0151. The van der Waals surface area contributed by atoms with Crippen LogP contribution in [0, 0.1) is 5.92 Å². The van der Waals surface area contributed by atoms with Crippen molar-refractivity contribution >= 4 is 29.3 Å². The highest BCUT2D eigenvalue weighted by atomic mass is 35.5. The van der Waals surface area contributed by atoms with Crippen molar-refractivity contribution in [1.82, 2.24) is 15.3 Å². The maximum Gasteiger partial charge on any atom is 0.224 e. The fourth-order valence-electron chi connectivity index (χ4n) is 2.19. The van der Waals surface area contributed by atoms with Gasteiger partial charge in [-0.15, -0.1) is 0 Å². The number of rotatable bonds is 2. The fourth-order valence-corrected chi connectivity index (χ4v) is 2.37. The summed E-state index contributed by atoms with van der Waals surface area (Å²) in [7, 11) is 1.65. The number of amides is 1. The van der Waals surface area contributed by atoms with Crippen molar-refractivity contribution in [2.75, 3.05) is 30.8 Å².